The summed E-state index contributed by atoms with van der Waals surface area (Å²) in [5.41, 5.74) is 0. The highest BCUT2D eigenvalue weighted by Gasteiger charge is 2.15. The quantitative estimate of drug-likeness (QED) is 0.792. The van der Waals surface area contributed by atoms with E-state index in [1.54, 1.807) is 0 Å². The smallest absolute Gasteiger partial charge is 0.178 e. The number of phenolic OH excluding ortho intramolecular Hbond substituents is 1. The number of aromatic hydroxyl groups is 1. The Morgan fingerprint density at radius 1 is 1.25 bits per heavy atom. The van der Waals surface area contributed by atoms with Crippen molar-refractivity contribution in [3.8, 4) is 5.75 Å². The van der Waals surface area contributed by atoms with Gasteiger partial charge in [-0.3, -0.25) is 0 Å². The van der Waals surface area contributed by atoms with Crippen LogP contribution in [0.5, 0.6) is 5.75 Å². The zero-order chi connectivity index (χ0) is 12.2. The summed E-state index contributed by atoms with van der Waals surface area (Å²) in [7, 11) is -3.38. The molecule has 0 amide bonds. The minimum atomic E-state index is -3.38. The Kier molecular flexibility index (Phi) is 4.58. The molecule has 0 aliphatic heterocycles. The van der Waals surface area contributed by atoms with Gasteiger partial charge >= 0.3 is 0 Å². The molecule has 16 heavy (non-hydrogen) atoms. The molecule has 0 saturated carbocycles. The van der Waals surface area contributed by atoms with E-state index in [4.69, 9.17) is 21.8 Å². The van der Waals surface area contributed by atoms with Crippen LogP contribution in [-0.2, 0) is 9.84 Å². The minimum Gasteiger partial charge on any atom is -0.506 e. The molecule has 0 aliphatic rings. The molecule has 1 aromatic carbocycles. The molecule has 90 valence electrons. The van der Waals surface area contributed by atoms with Crippen molar-refractivity contribution in [2.24, 2.45) is 0 Å². The van der Waals surface area contributed by atoms with Gasteiger partial charge in [0.05, 0.1) is 15.7 Å². The molecule has 0 saturated heterocycles. The second kappa shape index (κ2) is 5.52. The first-order chi connectivity index (χ1) is 7.47. The highest BCUT2D eigenvalue weighted by molar-refractivity contribution is 7.91. The van der Waals surface area contributed by atoms with Gasteiger partial charge in [-0.25, -0.2) is 8.42 Å². The largest absolute Gasteiger partial charge is 0.506 e. The van der Waals surface area contributed by atoms with Gasteiger partial charge in [-0.2, -0.15) is 0 Å². The fourth-order valence-electron chi connectivity index (χ4n) is 1.20. The molecule has 0 aromatic heterocycles. The van der Waals surface area contributed by atoms with Crippen molar-refractivity contribution in [3.63, 3.8) is 0 Å². The van der Waals surface area contributed by atoms with Gasteiger partial charge < -0.3 is 10.2 Å². The van der Waals surface area contributed by atoms with Gasteiger partial charge in [0.2, 0.25) is 0 Å². The van der Waals surface area contributed by atoms with E-state index in [0.29, 0.717) is 12.8 Å². The standard InChI is InChI=1S/C10H13ClO4S/c11-9-7-8(3-4-10(9)13)16(14,15)6-2-1-5-12/h3-4,7,12-13H,1-2,5-6H2. The average Bonchev–Trinajstić information content (AvgIpc) is 2.22. The fraction of sp³-hybridized carbons (Fsp3) is 0.400. The Morgan fingerprint density at radius 3 is 2.50 bits per heavy atom. The van der Waals surface area contributed by atoms with Gasteiger partial charge in [-0.1, -0.05) is 11.6 Å². The molecular weight excluding hydrogens is 252 g/mol. The molecule has 4 nitrogen and oxygen atoms in total. The molecular formula is C10H13ClO4S. The third kappa shape index (κ3) is 3.37. The lowest BCUT2D eigenvalue weighted by atomic mass is 10.3. The van der Waals surface area contributed by atoms with E-state index in [-0.39, 0.29) is 28.0 Å². The number of sulfone groups is 1. The summed E-state index contributed by atoms with van der Waals surface area (Å²) < 4.78 is 23.5. The Morgan fingerprint density at radius 2 is 1.94 bits per heavy atom. The van der Waals surface area contributed by atoms with Crippen LogP contribution in [0.2, 0.25) is 5.02 Å². The van der Waals surface area contributed by atoms with Gasteiger partial charge in [-0.15, -0.1) is 0 Å². The third-order valence-corrected chi connectivity index (χ3v) is 4.20. The van der Waals surface area contributed by atoms with E-state index >= 15 is 0 Å². The van der Waals surface area contributed by atoms with Crippen LogP contribution >= 0.6 is 11.6 Å². The molecule has 0 fully saturated rings. The number of halogens is 1. The first kappa shape index (κ1) is 13.3. The normalized spacial score (nSPS) is 11.6. The lowest BCUT2D eigenvalue weighted by molar-refractivity contribution is 0.287. The van der Waals surface area contributed by atoms with Gasteiger partial charge in [-0.05, 0) is 31.0 Å². The van der Waals surface area contributed by atoms with Crippen molar-refractivity contribution >= 4 is 21.4 Å². The minimum absolute atomic E-state index is 0.0169. The highest BCUT2D eigenvalue weighted by atomic mass is 35.5. The molecule has 0 aliphatic carbocycles. The maximum atomic E-state index is 11.7. The number of hydrogen-bond donors (Lipinski definition) is 2. The van der Waals surface area contributed by atoms with E-state index in [0.717, 1.165) is 0 Å². The van der Waals surface area contributed by atoms with E-state index in [1.807, 2.05) is 0 Å². The third-order valence-electron chi connectivity index (χ3n) is 2.10. The number of benzene rings is 1. The SMILES string of the molecule is O=S(=O)(CCCCO)c1ccc(O)c(Cl)c1. The molecule has 2 N–H and O–H groups in total. The molecule has 0 bridgehead atoms. The molecule has 0 spiro atoms. The van der Waals surface area contributed by atoms with Gasteiger partial charge in [0, 0.05) is 6.61 Å². The van der Waals surface area contributed by atoms with Crippen molar-refractivity contribution in [1.29, 1.82) is 0 Å². The maximum absolute atomic E-state index is 11.7. The predicted octanol–water partition coefficient (Wildman–Crippen LogP) is 1.59. The van der Waals surface area contributed by atoms with Gasteiger partial charge in [0.15, 0.2) is 9.84 Å². The van der Waals surface area contributed by atoms with Crippen LogP contribution in [0.1, 0.15) is 12.8 Å². The van der Waals surface area contributed by atoms with Crippen molar-refractivity contribution in [2.45, 2.75) is 17.7 Å². The molecule has 0 unspecified atom stereocenters. The lowest BCUT2D eigenvalue weighted by Crippen LogP contribution is -2.07. The van der Waals surface area contributed by atoms with Crippen molar-refractivity contribution in [3.05, 3.63) is 23.2 Å². The summed E-state index contributed by atoms with van der Waals surface area (Å²) in [6, 6.07) is 3.79. The Balaban J connectivity index is 2.86. The highest BCUT2D eigenvalue weighted by Crippen LogP contribution is 2.26. The number of unbranched alkanes of at least 4 members (excludes halogenated alkanes) is 1. The lowest BCUT2D eigenvalue weighted by Gasteiger charge is -2.05. The van der Waals surface area contributed by atoms with Crippen LogP contribution in [0.3, 0.4) is 0 Å². The topological polar surface area (TPSA) is 74.6 Å². The summed E-state index contributed by atoms with van der Waals surface area (Å²) in [4.78, 5) is 0.0910. The van der Waals surface area contributed by atoms with Crippen LogP contribution in [0.25, 0.3) is 0 Å². The zero-order valence-corrected chi connectivity index (χ0v) is 10.1. The second-order valence-corrected chi connectivity index (χ2v) is 5.88. The number of rotatable bonds is 5. The van der Waals surface area contributed by atoms with Crippen LogP contribution in [-0.4, -0.2) is 31.0 Å². The summed E-state index contributed by atoms with van der Waals surface area (Å²) in [6.45, 7) is -0.0220. The number of phenols is 1. The van der Waals surface area contributed by atoms with Crippen molar-refractivity contribution in [1.82, 2.24) is 0 Å². The second-order valence-electron chi connectivity index (χ2n) is 3.36. The first-order valence-corrected chi connectivity index (χ1v) is 6.82. The Bertz CT molecular complexity index is 456. The summed E-state index contributed by atoms with van der Waals surface area (Å²) >= 11 is 5.63. The first-order valence-electron chi connectivity index (χ1n) is 4.79. The number of hydrogen-bond acceptors (Lipinski definition) is 4. The summed E-state index contributed by atoms with van der Waals surface area (Å²) in [5.74, 6) is -0.176. The molecule has 0 atom stereocenters. The van der Waals surface area contributed by atoms with E-state index in [9.17, 15) is 8.42 Å². The molecule has 0 heterocycles. The summed E-state index contributed by atoms with van der Waals surface area (Å²) in [6.07, 6.45) is 0.850. The fourth-order valence-corrected chi connectivity index (χ4v) is 2.84. The van der Waals surface area contributed by atoms with Crippen molar-refractivity contribution in [2.75, 3.05) is 12.4 Å². The molecule has 6 heteroatoms. The Labute approximate surface area is 99.4 Å². The summed E-state index contributed by atoms with van der Waals surface area (Å²) in [5, 5.41) is 17.7. The molecule has 1 aromatic rings. The van der Waals surface area contributed by atoms with E-state index < -0.39 is 9.84 Å². The Hall–Kier alpha value is -0.780. The molecule has 1 rings (SSSR count). The average molecular weight is 265 g/mol. The number of aliphatic hydroxyl groups is 1. The van der Waals surface area contributed by atoms with E-state index in [2.05, 4.69) is 0 Å². The van der Waals surface area contributed by atoms with Crippen LogP contribution < -0.4 is 0 Å². The van der Waals surface area contributed by atoms with E-state index in [1.165, 1.54) is 18.2 Å². The van der Waals surface area contributed by atoms with Gasteiger partial charge in [0.1, 0.15) is 5.75 Å². The number of aliphatic hydroxyl groups excluding tert-OH is 1. The van der Waals surface area contributed by atoms with Crippen LogP contribution in [0.4, 0.5) is 0 Å². The van der Waals surface area contributed by atoms with Gasteiger partial charge in [0.25, 0.3) is 0 Å². The van der Waals surface area contributed by atoms with Crippen molar-refractivity contribution < 1.29 is 18.6 Å². The maximum Gasteiger partial charge on any atom is 0.178 e. The molecule has 0 radical (unpaired) electrons. The monoisotopic (exact) mass is 264 g/mol. The zero-order valence-electron chi connectivity index (χ0n) is 8.56. The van der Waals surface area contributed by atoms with Crippen LogP contribution in [0, 0.1) is 0 Å². The predicted molar refractivity (Wildman–Crippen MR) is 61.5 cm³/mol. The van der Waals surface area contributed by atoms with Crippen LogP contribution in [0.15, 0.2) is 23.1 Å².